The Hall–Kier alpha value is -3.71. The van der Waals surface area contributed by atoms with Crippen molar-refractivity contribution < 1.29 is 19.1 Å². The van der Waals surface area contributed by atoms with E-state index in [1.165, 1.54) is 0 Å². The van der Waals surface area contributed by atoms with Crippen LogP contribution >= 0.6 is 11.6 Å². The highest BCUT2D eigenvalue weighted by Gasteiger charge is 2.36. The number of hydrogen-bond acceptors (Lipinski definition) is 5. The van der Waals surface area contributed by atoms with Crippen molar-refractivity contribution in [1.82, 2.24) is 5.32 Å². The normalized spacial score (nSPS) is 19.8. The molecule has 1 aliphatic carbocycles. The predicted octanol–water partition coefficient (Wildman–Crippen LogP) is 7.34. The first-order valence-corrected chi connectivity index (χ1v) is 16.1. The first-order valence-electron chi connectivity index (χ1n) is 15.7. The first kappa shape index (κ1) is 31.7. The van der Waals surface area contributed by atoms with Crippen LogP contribution in [-0.4, -0.2) is 44.7 Å². The number of nitrogens with one attached hydrogen (secondary N) is 1. The number of rotatable bonds is 10. The third-order valence-corrected chi connectivity index (χ3v) is 9.02. The van der Waals surface area contributed by atoms with Crippen molar-refractivity contribution in [3.8, 4) is 11.5 Å². The summed E-state index contributed by atoms with van der Waals surface area (Å²) in [4.78, 5) is 29.8. The van der Waals surface area contributed by atoms with E-state index in [-0.39, 0.29) is 30.4 Å². The standard InChI is InChI=1S/C36H44ClN3O4/c1-6-34(41)38-28-13-7-24(8-14-28)22-39(4)29-15-17-30(18-16-29)40-35(42)20-26-19-32(43-5)33(44-23(2)3)21-31(26)36(40)25-9-11-27(37)12-10-25/h9-12,15-19,21,23-24,28,36H,6-8,13-14,20,22H2,1-5H3,(H,38,41). The van der Waals surface area contributed by atoms with Gasteiger partial charge in [0.15, 0.2) is 11.5 Å². The molecule has 0 saturated heterocycles. The van der Waals surface area contributed by atoms with Crippen LogP contribution in [0.4, 0.5) is 11.4 Å². The molecule has 1 fully saturated rings. The number of hydrogen-bond donors (Lipinski definition) is 1. The molecule has 0 radical (unpaired) electrons. The van der Waals surface area contributed by atoms with Gasteiger partial charge in [-0.2, -0.15) is 0 Å². The van der Waals surface area contributed by atoms with E-state index in [9.17, 15) is 9.59 Å². The number of benzene rings is 3. The summed E-state index contributed by atoms with van der Waals surface area (Å²) in [5.74, 6) is 2.03. The Morgan fingerprint density at radius 1 is 1.02 bits per heavy atom. The lowest BCUT2D eigenvalue weighted by Crippen LogP contribution is -2.41. The van der Waals surface area contributed by atoms with E-state index < -0.39 is 0 Å². The van der Waals surface area contributed by atoms with Crippen molar-refractivity contribution >= 4 is 34.8 Å². The fourth-order valence-electron chi connectivity index (χ4n) is 6.51. The van der Waals surface area contributed by atoms with Gasteiger partial charge in [-0.25, -0.2) is 0 Å². The summed E-state index contributed by atoms with van der Waals surface area (Å²) in [6, 6.07) is 19.9. The highest BCUT2D eigenvalue weighted by molar-refractivity contribution is 6.30. The average Bonchev–Trinajstić information content (AvgIpc) is 3.01. The highest BCUT2D eigenvalue weighted by atomic mass is 35.5. The number of nitrogens with zero attached hydrogens (tertiary/aromatic N) is 2. The molecule has 234 valence electrons. The molecule has 1 saturated carbocycles. The van der Waals surface area contributed by atoms with Gasteiger partial charge < -0.3 is 24.6 Å². The van der Waals surface area contributed by atoms with Crippen molar-refractivity contribution in [2.45, 2.75) is 77.5 Å². The Morgan fingerprint density at radius 3 is 2.32 bits per heavy atom. The predicted molar refractivity (Wildman–Crippen MR) is 177 cm³/mol. The SMILES string of the molecule is CCC(=O)NC1CCC(CN(C)c2ccc(N3C(=O)Cc4cc(OC)c(OC(C)C)cc4C3c3ccc(Cl)cc3)cc2)CC1. The maximum atomic E-state index is 13.9. The van der Waals surface area contributed by atoms with Crippen LogP contribution in [0.2, 0.25) is 5.02 Å². The van der Waals surface area contributed by atoms with Gasteiger partial charge >= 0.3 is 0 Å². The number of amides is 2. The minimum atomic E-state index is -0.351. The molecular formula is C36H44ClN3O4. The number of anilines is 2. The molecule has 1 N–H and O–H groups in total. The summed E-state index contributed by atoms with van der Waals surface area (Å²) in [7, 11) is 3.75. The lowest BCUT2D eigenvalue weighted by atomic mass is 9.85. The van der Waals surface area contributed by atoms with Crippen LogP contribution in [0.5, 0.6) is 11.5 Å². The largest absolute Gasteiger partial charge is 0.493 e. The van der Waals surface area contributed by atoms with Gasteiger partial charge in [-0.05, 0) is 111 Å². The third-order valence-electron chi connectivity index (χ3n) is 8.77. The number of methoxy groups -OCH3 is 1. The number of carbonyl (C=O) groups is 2. The fourth-order valence-corrected chi connectivity index (χ4v) is 6.63. The molecule has 0 aromatic heterocycles. The quantitative estimate of drug-likeness (QED) is 0.258. The summed E-state index contributed by atoms with van der Waals surface area (Å²) in [6.07, 6.45) is 5.05. The summed E-state index contributed by atoms with van der Waals surface area (Å²) in [5.41, 5.74) is 4.86. The van der Waals surface area contributed by atoms with Gasteiger partial charge in [-0.1, -0.05) is 30.7 Å². The molecule has 2 aliphatic rings. The van der Waals surface area contributed by atoms with E-state index in [4.69, 9.17) is 21.1 Å². The Kier molecular flexibility index (Phi) is 10.0. The van der Waals surface area contributed by atoms with Gasteiger partial charge in [0.1, 0.15) is 0 Å². The summed E-state index contributed by atoms with van der Waals surface area (Å²) in [6.45, 7) is 6.83. The zero-order valence-corrected chi connectivity index (χ0v) is 27.2. The minimum absolute atomic E-state index is 0.0186. The summed E-state index contributed by atoms with van der Waals surface area (Å²) >= 11 is 6.27. The van der Waals surface area contributed by atoms with E-state index >= 15 is 0 Å². The summed E-state index contributed by atoms with van der Waals surface area (Å²) < 4.78 is 11.8. The lowest BCUT2D eigenvalue weighted by Gasteiger charge is -2.38. The molecule has 44 heavy (non-hydrogen) atoms. The maximum absolute atomic E-state index is 13.9. The van der Waals surface area contributed by atoms with Crippen LogP contribution < -0.4 is 24.6 Å². The Morgan fingerprint density at radius 2 is 1.70 bits per heavy atom. The van der Waals surface area contributed by atoms with E-state index in [1.54, 1.807) is 7.11 Å². The Labute approximate surface area is 266 Å². The second-order valence-corrected chi connectivity index (χ2v) is 12.7. The molecule has 2 amide bonds. The molecule has 0 bridgehead atoms. The molecule has 1 atom stereocenters. The van der Waals surface area contributed by atoms with Crippen molar-refractivity contribution in [2.24, 2.45) is 5.92 Å². The molecule has 3 aromatic carbocycles. The number of carbonyl (C=O) groups excluding carboxylic acids is 2. The molecule has 5 rings (SSSR count). The smallest absolute Gasteiger partial charge is 0.232 e. The van der Waals surface area contributed by atoms with Crippen molar-refractivity contribution in [1.29, 1.82) is 0 Å². The van der Waals surface area contributed by atoms with Crippen LogP contribution in [0.15, 0.2) is 60.7 Å². The van der Waals surface area contributed by atoms with Crippen molar-refractivity contribution in [3.05, 3.63) is 82.4 Å². The van der Waals surface area contributed by atoms with Gasteiger partial charge in [0, 0.05) is 42.5 Å². The van der Waals surface area contributed by atoms with Crippen LogP contribution in [0, 0.1) is 5.92 Å². The molecule has 1 aliphatic heterocycles. The lowest BCUT2D eigenvalue weighted by molar-refractivity contribution is -0.121. The molecule has 7 nitrogen and oxygen atoms in total. The molecule has 0 spiro atoms. The average molecular weight is 618 g/mol. The zero-order valence-electron chi connectivity index (χ0n) is 26.4. The molecule has 8 heteroatoms. The summed E-state index contributed by atoms with van der Waals surface area (Å²) in [5, 5.41) is 3.80. The van der Waals surface area contributed by atoms with E-state index in [0.29, 0.717) is 34.9 Å². The minimum Gasteiger partial charge on any atom is -0.493 e. The van der Waals surface area contributed by atoms with Crippen LogP contribution in [0.25, 0.3) is 0 Å². The van der Waals surface area contributed by atoms with Gasteiger partial charge in [0.05, 0.1) is 25.7 Å². The highest BCUT2D eigenvalue weighted by Crippen LogP contribution is 2.44. The Balaban J connectivity index is 1.39. The topological polar surface area (TPSA) is 71.1 Å². The van der Waals surface area contributed by atoms with E-state index in [0.717, 1.165) is 60.3 Å². The van der Waals surface area contributed by atoms with Gasteiger partial charge in [0.2, 0.25) is 11.8 Å². The number of ether oxygens (including phenoxy) is 2. The van der Waals surface area contributed by atoms with Crippen LogP contribution in [0.1, 0.15) is 75.6 Å². The fraction of sp³-hybridized carbons (Fsp3) is 0.444. The monoisotopic (exact) mass is 617 g/mol. The first-order chi connectivity index (χ1) is 21.2. The molecule has 1 heterocycles. The van der Waals surface area contributed by atoms with Crippen LogP contribution in [-0.2, 0) is 16.0 Å². The zero-order chi connectivity index (χ0) is 31.4. The van der Waals surface area contributed by atoms with Crippen LogP contribution in [0.3, 0.4) is 0 Å². The molecular weight excluding hydrogens is 574 g/mol. The third kappa shape index (κ3) is 7.15. The van der Waals surface area contributed by atoms with E-state index in [1.807, 2.05) is 74.2 Å². The number of halogens is 1. The maximum Gasteiger partial charge on any atom is 0.232 e. The van der Waals surface area contributed by atoms with Gasteiger partial charge in [-0.15, -0.1) is 0 Å². The van der Waals surface area contributed by atoms with Crippen molar-refractivity contribution in [3.63, 3.8) is 0 Å². The molecule has 3 aromatic rings. The Bertz CT molecular complexity index is 1450. The van der Waals surface area contributed by atoms with Gasteiger partial charge in [0.25, 0.3) is 0 Å². The second-order valence-electron chi connectivity index (χ2n) is 12.3. The van der Waals surface area contributed by atoms with Gasteiger partial charge in [-0.3, -0.25) is 9.59 Å². The van der Waals surface area contributed by atoms with E-state index in [2.05, 4.69) is 29.4 Å². The molecule has 1 unspecified atom stereocenters. The second kappa shape index (κ2) is 13.9. The van der Waals surface area contributed by atoms with Crippen molar-refractivity contribution in [2.75, 3.05) is 30.5 Å². The number of fused-ring (bicyclic) bond motifs is 1.